The molecule has 0 amide bonds. The molecule has 0 aliphatic heterocycles. The molecule has 0 saturated carbocycles. The van der Waals surface area contributed by atoms with Crippen LogP contribution in [0, 0.1) is 11.8 Å². The van der Waals surface area contributed by atoms with Gasteiger partial charge in [0, 0.05) is 11.8 Å². The van der Waals surface area contributed by atoms with Crippen LogP contribution < -0.4 is 0 Å². The van der Waals surface area contributed by atoms with Crippen molar-refractivity contribution in [1.82, 2.24) is 0 Å². The molecule has 0 heterocycles. The standard InChI is InChI=1S/C21H24/c1-3-5-10-16(9-4-2)19-14-8-12-18-15-17-11-6-7-13-20(17)21(18)19/h3-5,7-10,12-14,19,21H,6,11,15H2,1-2H3/b5-3-,9-4-,16-10+. The highest BCUT2D eigenvalue weighted by atomic mass is 14.4. The zero-order chi connectivity index (χ0) is 14.7. The lowest BCUT2D eigenvalue weighted by Crippen LogP contribution is -2.18. The van der Waals surface area contributed by atoms with Crippen molar-refractivity contribution in [2.24, 2.45) is 11.8 Å². The molecular formula is C21H24. The second-order valence-electron chi connectivity index (χ2n) is 6.00. The first-order chi connectivity index (χ1) is 10.3. The first kappa shape index (κ1) is 14.1. The molecule has 0 aromatic rings. The number of hydrogen-bond acceptors (Lipinski definition) is 0. The zero-order valence-corrected chi connectivity index (χ0v) is 13.0. The third kappa shape index (κ3) is 2.68. The van der Waals surface area contributed by atoms with E-state index in [0.29, 0.717) is 11.8 Å². The highest BCUT2D eigenvalue weighted by molar-refractivity contribution is 5.52. The Morgan fingerprint density at radius 2 is 2.14 bits per heavy atom. The Balaban J connectivity index is 1.99. The lowest BCUT2D eigenvalue weighted by molar-refractivity contribution is 0.600. The van der Waals surface area contributed by atoms with Crippen LogP contribution in [0.25, 0.3) is 0 Å². The van der Waals surface area contributed by atoms with Crippen LogP contribution in [-0.4, -0.2) is 0 Å². The van der Waals surface area contributed by atoms with Crippen molar-refractivity contribution in [2.75, 3.05) is 0 Å². The van der Waals surface area contributed by atoms with Gasteiger partial charge >= 0.3 is 0 Å². The molecule has 3 aliphatic carbocycles. The van der Waals surface area contributed by atoms with E-state index in [4.69, 9.17) is 0 Å². The second kappa shape index (κ2) is 6.30. The Bertz CT molecular complexity index is 614. The molecule has 0 nitrogen and oxygen atoms in total. The van der Waals surface area contributed by atoms with E-state index in [9.17, 15) is 0 Å². The number of rotatable bonds is 3. The van der Waals surface area contributed by atoms with Gasteiger partial charge in [-0.1, -0.05) is 71.9 Å². The van der Waals surface area contributed by atoms with Crippen LogP contribution in [0.1, 0.15) is 33.1 Å². The highest BCUT2D eigenvalue weighted by Gasteiger charge is 2.35. The third-order valence-electron chi connectivity index (χ3n) is 4.68. The summed E-state index contributed by atoms with van der Waals surface area (Å²) in [6, 6.07) is 0. The van der Waals surface area contributed by atoms with E-state index in [-0.39, 0.29) is 0 Å². The minimum absolute atomic E-state index is 0.479. The normalized spacial score (nSPS) is 28.5. The molecule has 0 N–H and O–H groups in total. The molecule has 21 heavy (non-hydrogen) atoms. The summed E-state index contributed by atoms with van der Waals surface area (Å²) in [6.45, 7) is 4.18. The van der Waals surface area contributed by atoms with E-state index in [1.165, 1.54) is 24.8 Å². The maximum atomic E-state index is 2.39. The zero-order valence-electron chi connectivity index (χ0n) is 13.0. The molecule has 0 radical (unpaired) electrons. The second-order valence-corrected chi connectivity index (χ2v) is 6.00. The average molecular weight is 276 g/mol. The van der Waals surface area contributed by atoms with Crippen molar-refractivity contribution in [2.45, 2.75) is 33.1 Å². The minimum atomic E-state index is 0.479. The van der Waals surface area contributed by atoms with Crippen LogP contribution in [0.4, 0.5) is 0 Å². The van der Waals surface area contributed by atoms with E-state index in [0.717, 1.165) is 0 Å². The Morgan fingerprint density at radius 1 is 1.24 bits per heavy atom. The smallest absolute Gasteiger partial charge is 0.0158 e. The fraction of sp³-hybridized carbons (Fsp3) is 0.333. The molecule has 2 atom stereocenters. The van der Waals surface area contributed by atoms with Gasteiger partial charge in [0.25, 0.3) is 0 Å². The summed E-state index contributed by atoms with van der Waals surface area (Å²) >= 11 is 0. The van der Waals surface area contributed by atoms with Crippen LogP contribution in [0.3, 0.4) is 0 Å². The molecular weight excluding hydrogens is 252 g/mol. The van der Waals surface area contributed by atoms with Gasteiger partial charge < -0.3 is 0 Å². The number of allylic oxidation sites excluding steroid dienone is 14. The summed E-state index contributed by atoms with van der Waals surface area (Å²) in [5, 5.41) is 0. The number of hydrogen-bond donors (Lipinski definition) is 0. The van der Waals surface area contributed by atoms with E-state index in [1.807, 2.05) is 0 Å². The molecule has 2 unspecified atom stereocenters. The summed E-state index contributed by atoms with van der Waals surface area (Å²) in [5.41, 5.74) is 6.29. The van der Waals surface area contributed by atoms with Gasteiger partial charge in [-0.3, -0.25) is 0 Å². The first-order valence-corrected chi connectivity index (χ1v) is 8.06. The van der Waals surface area contributed by atoms with E-state index in [1.54, 1.807) is 16.7 Å². The van der Waals surface area contributed by atoms with Crippen molar-refractivity contribution in [3.8, 4) is 0 Å². The highest BCUT2D eigenvalue weighted by Crippen LogP contribution is 2.49. The average Bonchev–Trinajstić information content (AvgIpc) is 2.90. The number of fused-ring (bicyclic) bond motifs is 2. The van der Waals surface area contributed by atoms with Gasteiger partial charge in [-0.05, 0) is 44.3 Å². The van der Waals surface area contributed by atoms with Gasteiger partial charge in [0.1, 0.15) is 0 Å². The van der Waals surface area contributed by atoms with Crippen molar-refractivity contribution >= 4 is 0 Å². The van der Waals surface area contributed by atoms with Crippen molar-refractivity contribution in [3.05, 3.63) is 83.1 Å². The summed E-state index contributed by atoms with van der Waals surface area (Å²) in [4.78, 5) is 0. The van der Waals surface area contributed by atoms with Gasteiger partial charge in [0.05, 0.1) is 0 Å². The predicted molar refractivity (Wildman–Crippen MR) is 91.9 cm³/mol. The maximum absolute atomic E-state index is 2.39. The van der Waals surface area contributed by atoms with Gasteiger partial charge in [-0.2, -0.15) is 0 Å². The molecule has 0 bridgehead atoms. The minimum Gasteiger partial charge on any atom is -0.0877 e. The van der Waals surface area contributed by atoms with Crippen molar-refractivity contribution in [3.63, 3.8) is 0 Å². The van der Waals surface area contributed by atoms with Gasteiger partial charge in [-0.15, -0.1) is 0 Å². The first-order valence-electron chi connectivity index (χ1n) is 8.06. The van der Waals surface area contributed by atoms with E-state index in [2.05, 4.69) is 74.6 Å². The predicted octanol–water partition coefficient (Wildman–Crippen LogP) is 5.84. The molecule has 0 aromatic carbocycles. The third-order valence-corrected chi connectivity index (χ3v) is 4.68. The Morgan fingerprint density at radius 3 is 2.95 bits per heavy atom. The van der Waals surface area contributed by atoms with Crippen molar-refractivity contribution in [1.29, 1.82) is 0 Å². The topological polar surface area (TPSA) is 0 Å². The fourth-order valence-corrected chi connectivity index (χ4v) is 3.78. The quantitative estimate of drug-likeness (QED) is 0.568. The Labute approximate surface area is 128 Å². The Hall–Kier alpha value is -1.82. The summed E-state index contributed by atoms with van der Waals surface area (Å²) in [7, 11) is 0. The molecule has 0 fully saturated rings. The van der Waals surface area contributed by atoms with Gasteiger partial charge in [-0.25, -0.2) is 0 Å². The molecule has 3 rings (SSSR count). The van der Waals surface area contributed by atoms with E-state index >= 15 is 0 Å². The fourth-order valence-electron chi connectivity index (χ4n) is 3.78. The Kier molecular flexibility index (Phi) is 4.24. The summed E-state index contributed by atoms with van der Waals surface area (Å²) < 4.78 is 0. The molecule has 3 aliphatic rings. The molecule has 0 aromatic heterocycles. The van der Waals surface area contributed by atoms with Gasteiger partial charge in [0.2, 0.25) is 0 Å². The largest absolute Gasteiger partial charge is 0.0877 e. The SMILES string of the molecule is C\C=C/C=C(\C=C/C)C1C=CC=C2CC3=C(C=CCC3)C21. The molecule has 0 spiro atoms. The summed E-state index contributed by atoms with van der Waals surface area (Å²) in [5.74, 6) is 1.04. The van der Waals surface area contributed by atoms with Crippen molar-refractivity contribution < 1.29 is 0 Å². The molecule has 0 heteroatoms. The van der Waals surface area contributed by atoms with Crippen LogP contribution in [0.2, 0.25) is 0 Å². The van der Waals surface area contributed by atoms with Crippen LogP contribution >= 0.6 is 0 Å². The maximum Gasteiger partial charge on any atom is 0.0158 e. The molecule has 0 saturated heterocycles. The lowest BCUT2D eigenvalue weighted by Gasteiger charge is -2.28. The summed E-state index contributed by atoms with van der Waals surface area (Å²) in [6.07, 6.45) is 26.3. The van der Waals surface area contributed by atoms with Crippen LogP contribution in [-0.2, 0) is 0 Å². The lowest BCUT2D eigenvalue weighted by atomic mass is 9.75. The molecule has 108 valence electrons. The van der Waals surface area contributed by atoms with E-state index < -0.39 is 0 Å². The monoisotopic (exact) mass is 276 g/mol. The van der Waals surface area contributed by atoms with Crippen LogP contribution in [0.5, 0.6) is 0 Å². The van der Waals surface area contributed by atoms with Gasteiger partial charge in [0.15, 0.2) is 0 Å². The van der Waals surface area contributed by atoms with Crippen LogP contribution in [0.15, 0.2) is 83.1 Å².